The molecular formula is C42H44O16S2. The number of esters is 7. The first-order chi connectivity index (χ1) is 28.7. The van der Waals surface area contributed by atoms with Gasteiger partial charge in [-0.15, -0.1) is 23.5 Å². The third-order valence-corrected chi connectivity index (χ3v) is 12.3. The Morgan fingerprint density at radius 2 is 1.00 bits per heavy atom. The van der Waals surface area contributed by atoms with Gasteiger partial charge in [0.05, 0.1) is 31.8 Å². The van der Waals surface area contributed by atoms with Gasteiger partial charge in [0.2, 0.25) is 0 Å². The summed E-state index contributed by atoms with van der Waals surface area (Å²) in [5.41, 5.74) is 0.539. The molecule has 3 aromatic rings. The molecule has 16 nitrogen and oxygen atoms in total. The summed E-state index contributed by atoms with van der Waals surface area (Å²) < 4.78 is 51.6. The van der Waals surface area contributed by atoms with Gasteiger partial charge >= 0.3 is 41.8 Å². The van der Waals surface area contributed by atoms with Gasteiger partial charge in [-0.1, -0.05) is 54.6 Å². The van der Waals surface area contributed by atoms with Crippen molar-refractivity contribution in [2.45, 2.75) is 85.7 Å². The molecule has 2 heterocycles. The Hall–Kier alpha value is -5.43. The highest BCUT2D eigenvalue weighted by Gasteiger charge is 2.57. The van der Waals surface area contributed by atoms with E-state index in [-0.39, 0.29) is 23.3 Å². The summed E-state index contributed by atoms with van der Waals surface area (Å²) in [6.45, 7) is 3.76. The van der Waals surface area contributed by atoms with Gasteiger partial charge in [-0.25, -0.2) is 14.4 Å². The van der Waals surface area contributed by atoms with Crippen LogP contribution in [0.1, 0.15) is 58.8 Å². The highest BCUT2D eigenvalue weighted by Crippen LogP contribution is 2.48. The fourth-order valence-electron chi connectivity index (χ4n) is 6.43. The largest absolute Gasteiger partial charge is 0.465 e. The number of methoxy groups -OCH3 is 1. The van der Waals surface area contributed by atoms with E-state index >= 15 is 0 Å². The molecule has 0 saturated carbocycles. The summed E-state index contributed by atoms with van der Waals surface area (Å²) in [4.78, 5) is 90.8. The van der Waals surface area contributed by atoms with Crippen LogP contribution in [0.2, 0.25) is 0 Å². The molecule has 0 aromatic heterocycles. The Morgan fingerprint density at radius 1 is 0.533 bits per heavy atom. The second kappa shape index (κ2) is 21.7. The Bertz CT molecular complexity index is 1970. The predicted molar refractivity (Wildman–Crippen MR) is 214 cm³/mol. The van der Waals surface area contributed by atoms with Crippen molar-refractivity contribution in [1.82, 2.24) is 0 Å². The predicted octanol–water partition coefficient (Wildman–Crippen LogP) is 4.57. The van der Waals surface area contributed by atoms with Gasteiger partial charge in [0.1, 0.15) is 19.3 Å². The number of hydrogen-bond acceptors (Lipinski definition) is 18. The van der Waals surface area contributed by atoms with Crippen LogP contribution in [0.15, 0.2) is 91.0 Å². The van der Waals surface area contributed by atoms with Crippen LogP contribution in [0.25, 0.3) is 0 Å². The fraction of sp³-hybridized carbons (Fsp3) is 0.405. The molecule has 18 heteroatoms. The highest BCUT2D eigenvalue weighted by molar-refractivity contribution is 8.17. The lowest BCUT2D eigenvalue weighted by molar-refractivity contribution is -0.258. The smallest absolute Gasteiger partial charge is 0.338 e. The Balaban J connectivity index is 1.63. The number of rotatable bonds is 15. The molecule has 3 aromatic carbocycles. The van der Waals surface area contributed by atoms with Crippen molar-refractivity contribution in [1.29, 1.82) is 0 Å². The highest BCUT2D eigenvalue weighted by atomic mass is 32.2. The van der Waals surface area contributed by atoms with E-state index in [4.69, 9.17) is 42.6 Å². The average Bonchev–Trinajstić information content (AvgIpc) is 3.23. The summed E-state index contributed by atoms with van der Waals surface area (Å²) >= 11 is 2.05. The molecular weight excluding hydrogens is 825 g/mol. The maximum atomic E-state index is 14.0. The van der Waals surface area contributed by atoms with Crippen molar-refractivity contribution < 1.29 is 76.2 Å². The molecule has 2 aliphatic heterocycles. The molecule has 10 atom stereocenters. The number of thioether (sulfide) groups is 2. The minimum Gasteiger partial charge on any atom is -0.465 e. The van der Waals surface area contributed by atoms with Crippen LogP contribution < -0.4 is 0 Å². The van der Waals surface area contributed by atoms with E-state index in [0.29, 0.717) is 0 Å². The topological polar surface area (TPSA) is 203 Å². The van der Waals surface area contributed by atoms with Crippen molar-refractivity contribution >= 4 is 65.3 Å². The molecule has 60 heavy (non-hydrogen) atoms. The molecule has 0 radical (unpaired) electrons. The van der Waals surface area contributed by atoms with Crippen LogP contribution in [0.4, 0.5) is 0 Å². The maximum absolute atomic E-state index is 14.0. The van der Waals surface area contributed by atoms with Crippen molar-refractivity contribution in [3.63, 3.8) is 0 Å². The molecule has 2 saturated heterocycles. The zero-order valence-electron chi connectivity index (χ0n) is 33.2. The molecule has 0 N–H and O–H groups in total. The lowest BCUT2D eigenvalue weighted by atomic mass is 10.0. The lowest BCUT2D eigenvalue weighted by Gasteiger charge is -2.48. The monoisotopic (exact) mass is 868 g/mol. The Labute approximate surface area is 354 Å². The summed E-state index contributed by atoms with van der Waals surface area (Å²) in [6, 6.07) is 24.2. The summed E-state index contributed by atoms with van der Waals surface area (Å²) in [5.74, 6) is -5.37. The molecule has 0 spiro atoms. The molecule has 0 bridgehead atoms. The molecule has 0 amide bonds. The van der Waals surface area contributed by atoms with E-state index < -0.39 is 106 Å². The van der Waals surface area contributed by atoms with Crippen LogP contribution >= 0.6 is 23.5 Å². The fourth-order valence-corrected chi connectivity index (χ4v) is 10.1. The van der Waals surface area contributed by atoms with Crippen LogP contribution in [0.3, 0.4) is 0 Å². The van der Waals surface area contributed by atoms with E-state index in [9.17, 15) is 33.6 Å². The van der Waals surface area contributed by atoms with Crippen LogP contribution in [0, 0.1) is 0 Å². The average molecular weight is 869 g/mol. The van der Waals surface area contributed by atoms with Crippen molar-refractivity contribution in [2.75, 3.05) is 20.3 Å². The Morgan fingerprint density at radius 3 is 1.48 bits per heavy atom. The third kappa shape index (κ3) is 12.3. The summed E-state index contributed by atoms with van der Waals surface area (Å²) in [5, 5.41) is -2.08. The number of carbonyl (C=O) groups excluding carboxylic acids is 7. The minimum atomic E-state index is -1.47. The van der Waals surface area contributed by atoms with Gasteiger partial charge < -0.3 is 42.6 Å². The minimum absolute atomic E-state index is 0.146. The molecule has 0 aliphatic carbocycles. The van der Waals surface area contributed by atoms with E-state index in [1.165, 1.54) is 38.3 Å². The van der Waals surface area contributed by atoms with Crippen molar-refractivity contribution in [2.24, 2.45) is 0 Å². The first-order valence-corrected chi connectivity index (χ1v) is 20.5. The van der Waals surface area contributed by atoms with Gasteiger partial charge in [0.25, 0.3) is 0 Å². The molecule has 320 valence electrons. The first kappa shape index (κ1) is 45.7. The second-order valence-electron chi connectivity index (χ2n) is 13.4. The summed E-state index contributed by atoms with van der Waals surface area (Å²) in [7, 11) is 1.29. The number of ether oxygens (including phenoxy) is 9. The second-order valence-corrected chi connectivity index (χ2v) is 16.4. The van der Waals surface area contributed by atoms with Gasteiger partial charge in [-0.05, 0) is 36.4 Å². The molecule has 5 rings (SSSR count). The number of carbonyl (C=O) groups is 7. The van der Waals surface area contributed by atoms with Crippen molar-refractivity contribution in [3.8, 4) is 0 Å². The van der Waals surface area contributed by atoms with Crippen LogP contribution in [-0.2, 0) is 61.8 Å². The van der Waals surface area contributed by atoms with E-state index in [0.717, 1.165) is 44.3 Å². The van der Waals surface area contributed by atoms with Gasteiger partial charge in [0.15, 0.2) is 36.8 Å². The lowest BCUT2D eigenvalue weighted by Crippen LogP contribution is -2.62. The van der Waals surface area contributed by atoms with Gasteiger partial charge in [-0.3, -0.25) is 19.2 Å². The van der Waals surface area contributed by atoms with Crippen LogP contribution in [0.5, 0.6) is 0 Å². The zero-order chi connectivity index (χ0) is 43.3. The zero-order valence-corrected chi connectivity index (χ0v) is 34.8. The molecule has 2 fully saturated rings. The number of hydrogen-bond donors (Lipinski definition) is 0. The maximum Gasteiger partial charge on any atom is 0.338 e. The summed E-state index contributed by atoms with van der Waals surface area (Å²) in [6.07, 6.45) is -9.61. The molecule has 0 unspecified atom stereocenters. The van der Waals surface area contributed by atoms with E-state index in [1.807, 2.05) is 0 Å². The first-order valence-electron chi connectivity index (χ1n) is 18.6. The quantitative estimate of drug-likeness (QED) is 0.152. The van der Waals surface area contributed by atoms with Crippen molar-refractivity contribution in [3.05, 3.63) is 108 Å². The van der Waals surface area contributed by atoms with E-state index in [1.54, 1.807) is 66.7 Å². The van der Waals surface area contributed by atoms with Gasteiger partial charge in [-0.2, -0.15) is 0 Å². The standard InChI is InChI=1S/C42H44O16S2/c1-23(43)51-22-31-32(53-24(2)44)33(54-25(3)45)36(55-26(4)46)42(59-31)60-37-30(21-52-38(47)27-15-9-6-10-16-27)56-41(50-5)35(58-40(49)29-19-13-8-14-20-29)34(37)57-39(48)28-17-11-7-12-18-28/h6-20,30-37,41-42H,21-22H2,1-5H3/t30-,31-,32-,33+,34-,35-,36-,37-,41+,42+/m1/s1. The third-order valence-electron chi connectivity index (χ3n) is 8.96. The number of benzene rings is 3. The SMILES string of the molecule is CO[C@H]1O[C@H](COC(=O)c2ccccc2)[C@@H](S[C@@H]2S[C@H](COC(C)=O)[C@@H](OC(C)=O)[C@H](OC(C)=O)[C@H]2OC(C)=O)[C@H](OC(=O)c2ccccc2)[C@H]1OC(=O)c1ccccc1. The Kier molecular flexibility index (Phi) is 16.5. The normalized spacial score (nSPS) is 26.0. The van der Waals surface area contributed by atoms with Gasteiger partial charge in [0, 0.05) is 34.8 Å². The van der Waals surface area contributed by atoms with Crippen LogP contribution in [-0.4, -0.2) is 120 Å². The van der Waals surface area contributed by atoms with E-state index in [2.05, 4.69) is 0 Å². The molecule has 2 aliphatic rings.